The van der Waals surface area contributed by atoms with Gasteiger partial charge in [-0.3, -0.25) is 9.59 Å². The lowest BCUT2D eigenvalue weighted by atomic mass is 10.1. The first kappa shape index (κ1) is 15.2. The van der Waals surface area contributed by atoms with Gasteiger partial charge < -0.3 is 19.3 Å². The fourth-order valence-corrected chi connectivity index (χ4v) is 2.41. The van der Waals surface area contributed by atoms with Gasteiger partial charge in [0.15, 0.2) is 11.5 Å². The van der Waals surface area contributed by atoms with Crippen molar-refractivity contribution in [1.29, 1.82) is 0 Å². The van der Waals surface area contributed by atoms with E-state index in [-0.39, 0.29) is 5.91 Å². The molecule has 0 saturated carbocycles. The van der Waals surface area contributed by atoms with Crippen LogP contribution in [0, 0.1) is 6.92 Å². The van der Waals surface area contributed by atoms with E-state index in [1.54, 1.807) is 36.2 Å². The Kier molecular flexibility index (Phi) is 4.67. The van der Waals surface area contributed by atoms with Crippen molar-refractivity contribution in [3.63, 3.8) is 0 Å². The van der Waals surface area contributed by atoms with Crippen LogP contribution in [0.25, 0.3) is 0 Å². The molecule has 21 heavy (non-hydrogen) atoms. The van der Waals surface area contributed by atoms with Gasteiger partial charge >= 0.3 is 0 Å². The van der Waals surface area contributed by atoms with E-state index < -0.39 is 0 Å². The number of aryl methyl sites for hydroxylation is 1. The van der Waals surface area contributed by atoms with E-state index in [2.05, 4.69) is 0 Å². The minimum atomic E-state index is -0.0426. The predicted molar refractivity (Wildman–Crippen MR) is 77.8 cm³/mol. The summed E-state index contributed by atoms with van der Waals surface area (Å²) < 4.78 is 10.5. The van der Waals surface area contributed by atoms with E-state index in [9.17, 15) is 9.59 Å². The Balaban J connectivity index is 2.21. The molecule has 0 N–H and O–H groups in total. The number of rotatable bonds is 4. The van der Waals surface area contributed by atoms with Crippen LogP contribution < -0.4 is 9.47 Å². The summed E-state index contributed by atoms with van der Waals surface area (Å²) in [4.78, 5) is 26.7. The Hall–Kier alpha value is -2.24. The molecule has 1 heterocycles. The Morgan fingerprint density at radius 3 is 2.19 bits per heavy atom. The van der Waals surface area contributed by atoms with Crippen LogP contribution in [0.4, 0.5) is 0 Å². The topological polar surface area (TPSA) is 59.1 Å². The number of benzene rings is 1. The first-order chi connectivity index (χ1) is 10.1. The van der Waals surface area contributed by atoms with Crippen LogP contribution >= 0.6 is 0 Å². The van der Waals surface area contributed by atoms with Crippen LogP contribution in [0.5, 0.6) is 11.5 Å². The van der Waals surface area contributed by atoms with Gasteiger partial charge in [-0.15, -0.1) is 0 Å². The largest absolute Gasteiger partial charge is 0.493 e. The molecule has 1 aliphatic rings. The van der Waals surface area contributed by atoms with Crippen LogP contribution in [0.2, 0.25) is 0 Å². The molecule has 1 aromatic rings. The van der Waals surface area contributed by atoms with Gasteiger partial charge in [0.25, 0.3) is 5.91 Å². The van der Waals surface area contributed by atoms with Crippen LogP contribution in [-0.4, -0.2) is 62.5 Å². The zero-order valence-electron chi connectivity index (χ0n) is 12.6. The first-order valence-corrected chi connectivity index (χ1v) is 6.82. The van der Waals surface area contributed by atoms with Gasteiger partial charge in [-0.05, 0) is 24.6 Å². The molecular weight excluding hydrogens is 272 g/mol. The minimum absolute atomic E-state index is 0.0426. The highest BCUT2D eigenvalue weighted by Gasteiger charge is 2.23. The molecule has 6 nitrogen and oxygen atoms in total. The van der Waals surface area contributed by atoms with Crippen molar-refractivity contribution in [3.05, 3.63) is 23.3 Å². The zero-order chi connectivity index (χ0) is 15.4. The summed E-state index contributed by atoms with van der Waals surface area (Å²) in [7, 11) is 3.11. The molecule has 1 fully saturated rings. The summed E-state index contributed by atoms with van der Waals surface area (Å²) in [5.41, 5.74) is 1.45. The van der Waals surface area contributed by atoms with Gasteiger partial charge in [-0.2, -0.15) is 0 Å². The van der Waals surface area contributed by atoms with Crippen LogP contribution in [0.15, 0.2) is 12.1 Å². The standard InChI is InChI=1S/C15H20N2O4/c1-11-8-13(20-2)14(21-3)9-12(11)15(19)17-6-4-16(10-18)5-7-17/h8-10H,4-7H2,1-3H3. The average molecular weight is 292 g/mol. The second-order valence-electron chi connectivity index (χ2n) is 4.96. The highest BCUT2D eigenvalue weighted by atomic mass is 16.5. The average Bonchev–Trinajstić information content (AvgIpc) is 2.54. The quantitative estimate of drug-likeness (QED) is 0.775. The van der Waals surface area contributed by atoms with Gasteiger partial charge in [0, 0.05) is 31.7 Å². The lowest BCUT2D eigenvalue weighted by molar-refractivity contribution is -0.119. The molecule has 0 radical (unpaired) electrons. The van der Waals surface area contributed by atoms with Crippen LogP contribution in [-0.2, 0) is 4.79 Å². The van der Waals surface area contributed by atoms with Crippen molar-refractivity contribution in [1.82, 2.24) is 9.80 Å². The number of hydrogen-bond acceptors (Lipinski definition) is 4. The van der Waals surface area contributed by atoms with Gasteiger partial charge in [-0.1, -0.05) is 0 Å². The highest BCUT2D eigenvalue weighted by Crippen LogP contribution is 2.30. The number of methoxy groups -OCH3 is 2. The molecule has 0 spiro atoms. The van der Waals surface area contributed by atoms with E-state index in [1.165, 1.54) is 0 Å². The number of carbonyl (C=O) groups excluding carboxylic acids is 2. The lowest BCUT2D eigenvalue weighted by Crippen LogP contribution is -2.48. The normalized spacial score (nSPS) is 14.8. The molecule has 114 valence electrons. The number of hydrogen-bond donors (Lipinski definition) is 0. The van der Waals surface area contributed by atoms with Crippen LogP contribution in [0.3, 0.4) is 0 Å². The summed E-state index contributed by atoms with van der Waals surface area (Å²) in [5, 5.41) is 0. The molecule has 6 heteroatoms. The summed E-state index contributed by atoms with van der Waals surface area (Å²) >= 11 is 0. The second-order valence-corrected chi connectivity index (χ2v) is 4.96. The molecule has 0 unspecified atom stereocenters. The van der Waals surface area contributed by atoms with Gasteiger partial charge in [0.05, 0.1) is 14.2 Å². The van der Waals surface area contributed by atoms with Crippen LogP contribution in [0.1, 0.15) is 15.9 Å². The number of nitrogens with zero attached hydrogens (tertiary/aromatic N) is 2. The van der Waals surface area contributed by atoms with Crippen molar-refractivity contribution in [2.24, 2.45) is 0 Å². The fourth-order valence-electron chi connectivity index (χ4n) is 2.41. The van der Waals surface area contributed by atoms with E-state index in [4.69, 9.17) is 9.47 Å². The monoisotopic (exact) mass is 292 g/mol. The SMILES string of the molecule is COc1cc(C)c(C(=O)N2CCN(C=O)CC2)cc1OC. The fraction of sp³-hybridized carbons (Fsp3) is 0.467. The Morgan fingerprint density at radius 2 is 1.67 bits per heavy atom. The summed E-state index contributed by atoms with van der Waals surface area (Å²) in [6.45, 7) is 4.11. The summed E-state index contributed by atoms with van der Waals surface area (Å²) in [6.07, 6.45) is 0.823. The van der Waals surface area contributed by atoms with Crippen molar-refractivity contribution in [2.45, 2.75) is 6.92 Å². The van der Waals surface area contributed by atoms with Crippen molar-refractivity contribution in [3.8, 4) is 11.5 Å². The Morgan fingerprint density at radius 1 is 1.10 bits per heavy atom. The van der Waals surface area contributed by atoms with Crippen molar-refractivity contribution < 1.29 is 19.1 Å². The molecule has 0 aromatic heterocycles. The third kappa shape index (κ3) is 3.09. The van der Waals surface area contributed by atoms with Crippen molar-refractivity contribution in [2.75, 3.05) is 40.4 Å². The molecule has 0 aliphatic carbocycles. The van der Waals surface area contributed by atoms with E-state index in [0.29, 0.717) is 43.2 Å². The summed E-state index contributed by atoms with van der Waals surface area (Å²) in [5.74, 6) is 1.11. The number of amides is 2. The van der Waals surface area contributed by atoms with E-state index >= 15 is 0 Å². The van der Waals surface area contributed by atoms with E-state index in [0.717, 1.165) is 12.0 Å². The molecule has 2 amide bonds. The third-order valence-electron chi connectivity index (χ3n) is 3.71. The number of carbonyl (C=O) groups is 2. The number of piperazine rings is 1. The highest BCUT2D eigenvalue weighted by molar-refractivity contribution is 5.96. The molecule has 0 bridgehead atoms. The second kappa shape index (κ2) is 6.47. The Bertz CT molecular complexity index is 537. The first-order valence-electron chi connectivity index (χ1n) is 6.82. The molecule has 2 rings (SSSR count). The zero-order valence-corrected chi connectivity index (χ0v) is 12.6. The van der Waals surface area contributed by atoms with Crippen molar-refractivity contribution >= 4 is 12.3 Å². The third-order valence-corrected chi connectivity index (χ3v) is 3.71. The molecule has 1 saturated heterocycles. The molecule has 1 aliphatic heterocycles. The predicted octanol–water partition coefficient (Wildman–Crippen LogP) is 0.926. The Labute approximate surface area is 124 Å². The van der Waals surface area contributed by atoms with Gasteiger partial charge in [0.2, 0.25) is 6.41 Å². The maximum atomic E-state index is 12.6. The van der Waals surface area contributed by atoms with E-state index in [1.807, 2.05) is 6.92 Å². The molecule has 0 atom stereocenters. The maximum absolute atomic E-state index is 12.6. The van der Waals surface area contributed by atoms with Gasteiger partial charge in [-0.25, -0.2) is 0 Å². The summed E-state index contributed by atoms with van der Waals surface area (Å²) in [6, 6.07) is 3.51. The minimum Gasteiger partial charge on any atom is -0.493 e. The molecular formula is C15H20N2O4. The lowest BCUT2D eigenvalue weighted by Gasteiger charge is -2.33. The maximum Gasteiger partial charge on any atom is 0.254 e. The van der Waals surface area contributed by atoms with Gasteiger partial charge in [0.1, 0.15) is 0 Å². The molecule has 1 aromatic carbocycles. The number of ether oxygens (including phenoxy) is 2. The smallest absolute Gasteiger partial charge is 0.254 e.